The molecule has 3 nitrogen and oxygen atoms in total. The molecule has 0 fully saturated rings. The van der Waals surface area contributed by atoms with Crippen LogP contribution in [0.3, 0.4) is 0 Å². The average Bonchev–Trinajstić information content (AvgIpc) is 2.39. The van der Waals surface area contributed by atoms with Crippen LogP contribution in [0.15, 0.2) is 47.1 Å². The van der Waals surface area contributed by atoms with E-state index in [1.54, 1.807) is 18.3 Å². The Morgan fingerprint density at radius 3 is 2.83 bits per heavy atom. The maximum Gasteiger partial charge on any atom is 0.275 e. The molecule has 2 aromatic rings. The van der Waals surface area contributed by atoms with Gasteiger partial charge in [0.2, 0.25) is 0 Å². The molecule has 1 aromatic carbocycles. The zero-order valence-corrected chi connectivity index (χ0v) is 12.5. The van der Waals surface area contributed by atoms with Gasteiger partial charge in [0.15, 0.2) is 0 Å². The molecule has 0 atom stereocenters. The summed E-state index contributed by atoms with van der Waals surface area (Å²) in [6, 6.07) is 11.2. The molecule has 0 aliphatic rings. The van der Waals surface area contributed by atoms with E-state index < -0.39 is 0 Å². The van der Waals surface area contributed by atoms with Crippen molar-refractivity contribution in [2.75, 3.05) is 5.32 Å². The zero-order valence-electron chi connectivity index (χ0n) is 9.36. The van der Waals surface area contributed by atoms with Crippen molar-refractivity contribution < 1.29 is 4.79 Å². The molecule has 1 N–H and O–H groups in total. The first kappa shape index (κ1) is 13.2. The monoisotopic (exact) mass is 368 g/mol. The van der Waals surface area contributed by atoms with Gasteiger partial charge < -0.3 is 5.32 Å². The molecular formula is C13H10Br2N2O. The second-order valence-corrected chi connectivity index (χ2v) is 5.04. The first-order valence-corrected chi connectivity index (χ1v) is 7.19. The van der Waals surface area contributed by atoms with Gasteiger partial charge in [-0.05, 0) is 45.8 Å². The van der Waals surface area contributed by atoms with Crippen molar-refractivity contribution in [2.45, 2.75) is 5.33 Å². The van der Waals surface area contributed by atoms with Crippen molar-refractivity contribution in [3.05, 3.63) is 58.3 Å². The summed E-state index contributed by atoms with van der Waals surface area (Å²) in [7, 11) is 0. The number of hydrogen-bond donors (Lipinski definition) is 1. The van der Waals surface area contributed by atoms with Crippen LogP contribution in [0.2, 0.25) is 0 Å². The van der Waals surface area contributed by atoms with Gasteiger partial charge in [0.1, 0.15) is 5.69 Å². The molecule has 1 heterocycles. The molecule has 0 radical (unpaired) electrons. The molecule has 0 saturated carbocycles. The number of halogens is 2. The van der Waals surface area contributed by atoms with E-state index in [4.69, 9.17) is 0 Å². The average molecular weight is 370 g/mol. The van der Waals surface area contributed by atoms with Gasteiger partial charge in [-0.3, -0.25) is 4.79 Å². The van der Waals surface area contributed by atoms with Gasteiger partial charge in [0, 0.05) is 21.7 Å². The summed E-state index contributed by atoms with van der Waals surface area (Å²) >= 11 is 6.69. The van der Waals surface area contributed by atoms with Gasteiger partial charge in [-0.2, -0.15) is 0 Å². The lowest BCUT2D eigenvalue weighted by Gasteiger charge is -2.06. The van der Waals surface area contributed by atoms with Crippen LogP contribution in [0.4, 0.5) is 5.69 Å². The number of carbonyl (C=O) groups is 1. The Kier molecular flexibility index (Phi) is 4.49. The summed E-state index contributed by atoms with van der Waals surface area (Å²) < 4.78 is 0.680. The summed E-state index contributed by atoms with van der Waals surface area (Å²) in [6.07, 6.45) is 1.59. The number of nitrogens with zero attached hydrogens (tertiary/aromatic N) is 1. The van der Waals surface area contributed by atoms with Crippen molar-refractivity contribution in [2.24, 2.45) is 0 Å². The quantitative estimate of drug-likeness (QED) is 0.831. The maximum atomic E-state index is 12.0. The van der Waals surface area contributed by atoms with Gasteiger partial charge in [-0.25, -0.2) is 4.98 Å². The highest BCUT2D eigenvalue weighted by atomic mass is 79.9. The zero-order chi connectivity index (χ0) is 13.0. The van der Waals surface area contributed by atoms with Gasteiger partial charge >= 0.3 is 0 Å². The van der Waals surface area contributed by atoms with Crippen molar-refractivity contribution in [3.63, 3.8) is 0 Å². The fraction of sp³-hybridized carbons (Fsp3) is 0.0769. The maximum absolute atomic E-state index is 12.0. The molecule has 1 amide bonds. The molecule has 0 bridgehead atoms. The number of alkyl halides is 1. The normalized spacial score (nSPS) is 10.1. The summed E-state index contributed by atoms with van der Waals surface area (Å²) in [5.74, 6) is -0.228. The number of nitrogens with one attached hydrogen (secondary N) is 1. The second kappa shape index (κ2) is 6.11. The third-order valence-electron chi connectivity index (χ3n) is 2.31. The minimum Gasteiger partial charge on any atom is -0.321 e. The Morgan fingerprint density at radius 1 is 1.28 bits per heavy atom. The number of carbonyl (C=O) groups excluding carboxylic acids is 1. The van der Waals surface area contributed by atoms with E-state index in [2.05, 4.69) is 42.2 Å². The Bertz CT molecular complexity index is 572. The van der Waals surface area contributed by atoms with E-state index in [1.807, 2.05) is 24.3 Å². The van der Waals surface area contributed by atoms with Crippen LogP contribution < -0.4 is 5.32 Å². The molecule has 0 unspecified atom stereocenters. The van der Waals surface area contributed by atoms with Crippen LogP contribution in [0.1, 0.15) is 16.1 Å². The van der Waals surface area contributed by atoms with Gasteiger partial charge in [-0.15, -0.1) is 0 Å². The van der Waals surface area contributed by atoms with Gasteiger partial charge in [0.25, 0.3) is 5.91 Å². The number of anilines is 1. The topological polar surface area (TPSA) is 42.0 Å². The van der Waals surface area contributed by atoms with E-state index in [0.29, 0.717) is 10.2 Å². The SMILES string of the molecule is O=C(Nc1cccc(CBr)c1)c1ncccc1Br. The summed E-state index contributed by atoms with van der Waals surface area (Å²) in [4.78, 5) is 16.1. The van der Waals surface area contributed by atoms with E-state index in [-0.39, 0.29) is 5.91 Å². The van der Waals surface area contributed by atoms with Crippen molar-refractivity contribution in [3.8, 4) is 0 Å². The highest BCUT2D eigenvalue weighted by Gasteiger charge is 2.11. The third-order valence-corrected chi connectivity index (χ3v) is 3.60. The number of amides is 1. The highest BCUT2D eigenvalue weighted by Crippen LogP contribution is 2.17. The Balaban J connectivity index is 2.19. The number of rotatable bonds is 3. The number of benzene rings is 1. The van der Waals surface area contributed by atoms with Crippen LogP contribution >= 0.6 is 31.9 Å². The molecule has 0 aliphatic heterocycles. The van der Waals surface area contributed by atoms with Crippen LogP contribution in [0.5, 0.6) is 0 Å². The first-order valence-electron chi connectivity index (χ1n) is 5.27. The summed E-state index contributed by atoms with van der Waals surface area (Å²) in [6.45, 7) is 0. The summed E-state index contributed by atoms with van der Waals surface area (Å²) in [5, 5.41) is 3.58. The van der Waals surface area contributed by atoms with Crippen molar-refractivity contribution in [1.29, 1.82) is 0 Å². The molecule has 18 heavy (non-hydrogen) atoms. The van der Waals surface area contributed by atoms with Crippen LogP contribution in [0, 0.1) is 0 Å². The molecule has 5 heteroatoms. The molecule has 1 aromatic heterocycles. The van der Waals surface area contributed by atoms with Crippen molar-refractivity contribution >= 4 is 43.5 Å². The lowest BCUT2D eigenvalue weighted by molar-refractivity contribution is 0.102. The Morgan fingerprint density at radius 2 is 2.11 bits per heavy atom. The fourth-order valence-corrected chi connectivity index (χ4v) is 2.26. The number of aromatic nitrogens is 1. The fourth-order valence-electron chi connectivity index (χ4n) is 1.48. The summed E-state index contributed by atoms with van der Waals surface area (Å²) in [5.41, 5.74) is 2.24. The number of hydrogen-bond acceptors (Lipinski definition) is 2. The van der Waals surface area contributed by atoms with Gasteiger partial charge in [-0.1, -0.05) is 28.1 Å². The van der Waals surface area contributed by atoms with E-state index in [0.717, 1.165) is 16.6 Å². The minimum absolute atomic E-state index is 0.228. The van der Waals surface area contributed by atoms with Crippen LogP contribution in [-0.4, -0.2) is 10.9 Å². The third kappa shape index (κ3) is 3.17. The molecule has 0 saturated heterocycles. The molecule has 2 rings (SSSR count). The molecular weight excluding hydrogens is 360 g/mol. The smallest absolute Gasteiger partial charge is 0.275 e. The predicted octanol–water partition coefficient (Wildman–Crippen LogP) is 3.99. The van der Waals surface area contributed by atoms with Crippen LogP contribution in [-0.2, 0) is 5.33 Å². The Labute approximate surface area is 122 Å². The number of pyridine rings is 1. The second-order valence-electron chi connectivity index (χ2n) is 3.62. The largest absolute Gasteiger partial charge is 0.321 e. The minimum atomic E-state index is -0.228. The standard InChI is InChI=1S/C13H10Br2N2O/c14-8-9-3-1-4-10(7-9)17-13(18)12-11(15)5-2-6-16-12/h1-7H,8H2,(H,17,18). The highest BCUT2D eigenvalue weighted by molar-refractivity contribution is 9.10. The predicted molar refractivity (Wildman–Crippen MR) is 79.0 cm³/mol. The lowest BCUT2D eigenvalue weighted by atomic mass is 10.2. The van der Waals surface area contributed by atoms with Gasteiger partial charge in [0.05, 0.1) is 0 Å². The van der Waals surface area contributed by atoms with Crippen molar-refractivity contribution in [1.82, 2.24) is 4.98 Å². The molecule has 0 spiro atoms. The van der Waals surface area contributed by atoms with Crippen LogP contribution in [0.25, 0.3) is 0 Å². The van der Waals surface area contributed by atoms with E-state index in [1.165, 1.54) is 0 Å². The first-order chi connectivity index (χ1) is 8.70. The van der Waals surface area contributed by atoms with E-state index in [9.17, 15) is 4.79 Å². The molecule has 0 aliphatic carbocycles. The lowest BCUT2D eigenvalue weighted by Crippen LogP contribution is -2.14. The Hall–Kier alpha value is -1.20. The van der Waals surface area contributed by atoms with E-state index >= 15 is 0 Å². The molecule has 92 valence electrons.